The minimum atomic E-state index is 0.0681. The normalized spacial score (nSPS) is 17.2. The Bertz CT molecular complexity index is 3990. The first kappa shape index (κ1) is 61.3. The number of aryl methyl sites for hydroxylation is 4. The Morgan fingerprint density at radius 2 is 0.424 bits per heavy atom. The highest BCUT2D eigenvalue weighted by molar-refractivity contribution is 7.13. The third kappa shape index (κ3) is 12.9. The van der Waals surface area contributed by atoms with Crippen molar-refractivity contribution in [2.75, 3.05) is 19.6 Å². The lowest BCUT2D eigenvalue weighted by Gasteiger charge is -2.36. The number of fused-ring (bicyclic) bond motifs is 4. The van der Waals surface area contributed by atoms with Crippen molar-refractivity contribution in [1.29, 1.82) is 0 Å². The Balaban J connectivity index is 0.000000112. The molecule has 4 amide bonds. The van der Waals surface area contributed by atoms with Crippen molar-refractivity contribution >= 4 is 91.7 Å². The molecule has 0 saturated carbocycles. The van der Waals surface area contributed by atoms with Crippen LogP contribution >= 0.6 is 45.3 Å². The fourth-order valence-corrected chi connectivity index (χ4v) is 16.8. The molecule has 0 N–H and O–H groups in total. The number of carbonyl (C=O) groups is 4. The van der Waals surface area contributed by atoms with Gasteiger partial charge in [0, 0.05) is 84.0 Å². The molecule has 456 valence electrons. The summed E-state index contributed by atoms with van der Waals surface area (Å²) in [6.45, 7) is 8.44. The number of carbonyl (C=O) groups excluding carboxylic acids is 4. The summed E-state index contributed by atoms with van der Waals surface area (Å²) in [7, 11) is 0. The zero-order valence-corrected chi connectivity index (χ0v) is 54.9. The van der Waals surface area contributed by atoms with Crippen molar-refractivity contribution in [2.45, 2.75) is 77.5 Å². The van der Waals surface area contributed by atoms with Crippen LogP contribution in [0.2, 0.25) is 0 Å². The highest BCUT2D eigenvalue weighted by Gasteiger charge is 2.39. The maximum atomic E-state index is 13.1. The number of benzene rings is 8. The molecule has 16 rings (SSSR count). The summed E-state index contributed by atoms with van der Waals surface area (Å²) in [6.07, 6.45) is 3.43. The number of amides is 4. The van der Waals surface area contributed by atoms with Crippen LogP contribution in [0.1, 0.15) is 127 Å². The Labute approximate surface area is 554 Å². The topological polar surface area (TPSA) is 81.2 Å². The minimum absolute atomic E-state index is 0.0681. The Kier molecular flexibility index (Phi) is 18.3. The smallest absolute Gasteiger partial charge is 0.259 e. The molecule has 4 aromatic heterocycles. The van der Waals surface area contributed by atoms with Crippen LogP contribution in [0, 0.1) is 27.7 Å². The van der Waals surface area contributed by atoms with Crippen molar-refractivity contribution < 1.29 is 19.2 Å². The number of thiophene rings is 4. The highest BCUT2D eigenvalue weighted by atomic mass is 32.1. The lowest BCUT2D eigenvalue weighted by atomic mass is 9.92. The van der Waals surface area contributed by atoms with Gasteiger partial charge in [-0.25, -0.2) is 0 Å². The van der Waals surface area contributed by atoms with Crippen molar-refractivity contribution in [2.24, 2.45) is 0 Å². The molecular weight excluding hydrogens is 1210 g/mol. The Morgan fingerprint density at radius 3 is 0.609 bits per heavy atom. The predicted molar refractivity (Wildman–Crippen MR) is 381 cm³/mol. The summed E-state index contributed by atoms with van der Waals surface area (Å²) in [5.74, 6) is 0.367. The van der Waals surface area contributed by atoms with Crippen LogP contribution in [0.3, 0.4) is 0 Å². The van der Waals surface area contributed by atoms with Crippen LogP contribution in [0.5, 0.6) is 0 Å². The van der Waals surface area contributed by atoms with E-state index in [1.165, 1.54) is 39.0 Å². The molecule has 4 aliphatic rings. The van der Waals surface area contributed by atoms with E-state index < -0.39 is 0 Å². The van der Waals surface area contributed by atoms with Crippen molar-refractivity contribution in [1.82, 2.24) is 0 Å². The average molecular weight is 1280 g/mol. The molecule has 12 heteroatoms. The summed E-state index contributed by atoms with van der Waals surface area (Å²) < 4.78 is 0. The average Bonchev–Trinajstić information content (AvgIpc) is 1.19. The van der Waals surface area contributed by atoms with Gasteiger partial charge in [-0.2, -0.15) is 0 Å². The highest BCUT2D eigenvalue weighted by Crippen LogP contribution is 2.44. The molecule has 0 saturated heterocycles. The van der Waals surface area contributed by atoms with Gasteiger partial charge in [0.1, 0.15) is 0 Å². The van der Waals surface area contributed by atoms with E-state index in [1.807, 2.05) is 214 Å². The molecule has 8 nitrogen and oxygen atoms in total. The maximum absolute atomic E-state index is 13.1. The SMILES string of the molecule is Cc1ccc(C2Cc3ccccc3C(=O)N2c2ccccc2)s1.Cc1ccc(C2Cc3ccccc3C(=O)N2c2ccccc2)s1.Cc1ccc(C2Cc3ccccc3C(=O)N2c2ccccc2)s1.Cc1ccc(C2Cc3ccccc3C(=O)N2c2ccccc2)s1. The number of rotatable bonds is 8. The second kappa shape index (κ2) is 27.5. The van der Waals surface area contributed by atoms with Crippen molar-refractivity contribution in [3.8, 4) is 0 Å². The number of para-hydroxylation sites is 4. The summed E-state index contributed by atoms with van der Waals surface area (Å²) in [6, 6.07) is 89.2. The third-order valence-corrected chi connectivity index (χ3v) is 21.7. The van der Waals surface area contributed by atoms with E-state index in [0.717, 1.165) is 92.9 Å². The largest absolute Gasteiger partial charge is 0.300 e. The van der Waals surface area contributed by atoms with Crippen LogP contribution in [0.15, 0.2) is 267 Å². The van der Waals surface area contributed by atoms with E-state index in [0.29, 0.717) is 0 Å². The summed E-state index contributed by atoms with van der Waals surface area (Å²) in [4.78, 5) is 70.4. The molecule has 8 aromatic carbocycles. The van der Waals surface area contributed by atoms with Gasteiger partial charge in [-0.3, -0.25) is 38.8 Å². The first-order valence-corrected chi connectivity index (χ1v) is 34.3. The zero-order chi connectivity index (χ0) is 63.2. The van der Waals surface area contributed by atoms with Crippen LogP contribution in [-0.4, -0.2) is 23.6 Å². The van der Waals surface area contributed by atoms with Gasteiger partial charge in [-0.15, -0.1) is 45.3 Å². The molecule has 0 aliphatic carbocycles. The summed E-state index contributed by atoms with van der Waals surface area (Å²) >= 11 is 7.10. The number of hydrogen-bond donors (Lipinski definition) is 0. The molecule has 0 spiro atoms. The molecule has 92 heavy (non-hydrogen) atoms. The van der Waals surface area contributed by atoms with Gasteiger partial charge in [0.2, 0.25) is 0 Å². The molecule has 4 atom stereocenters. The minimum Gasteiger partial charge on any atom is -0.300 e. The van der Waals surface area contributed by atoms with Gasteiger partial charge in [-0.1, -0.05) is 146 Å². The zero-order valence-electron chi connectivity index (χ0n) is 51.6. The van der Waals surface area contributed by atoms with Crippen LogP contribution < -0.4 is 19.6 Å². The van der Waals surface area contributed by atoms with Crippen LogP contribution in [0.25, 0.3) is 0 Å². The maximum Gasteiger partial charge on any atom is 0.259 e. The van der Waals surface area contributed by atoms with E-state index in [-0.39, 0.29) is 47.8 Å². The van der Waals surface area contributed by atoms with E-state index >= 15 is 0 Å². The first-order valence-electron chi connectivity index (χ1n) is 31.1. The van der Waals surface area contributed by atoms with Crippen LogP contribution in [0.4, 0.5) is 22.7 Å². The Morgan fingerprint density at radius 1 is 0.239 bits per heavy atom. The molecule has 0 fully saturated rings. The third-order valence-electron chi connectivity index (χ3n) is 17.3. The molecule has 4 aliphatic heterocycles. The molecular formula is C80H68N4O4S4. The van der Waals surface area contributed by atoms with Gasteiger partial charge >= 0.3 is 0 Å². The molecule has 4 unspecified atom stereocenters. The van der Waals surface area contributed by atoms with Gasteiger partial charge in [0.25, 0.3) is 23.6 Å². The standard InChI is InChI=1S/4C20H17NOS/c4*1-14-11-12-19(23-14)18-13-15-7-5-6-10-17(15)20(22)21(18)16-8-3-2-4-9-16/h4*2-12,18H,13H2,1H3. The molecule has 12 aromatic rings. The first-order chi connectivity index (χ1) is 44.9. The van der Waals surface area contributed by atoms with E-state index in [9.17, 15) is 19.2 Å². The number of anilines is 4. The van der Waals surface area contributed by atoms with Crippen molar-refractivity contribution in [3.05, 3.63) is 350 Å². The number of nitrogens with zero attached hydrogens (tertiary/aromatic N) is 4. The van der Waals surface area contributed by atoms with Gasteiger partial charge in [0.15, 0.2) is 0 Å². The van der Waals surface area contributed by atoms with Gasteiger partial charge in [-0.05, 0) is 197 Å². The van der Waals surface area contributed by atoms with Gasteiger partial charge in [0.05, 0.1) is 24.2 Å². The molecule has 0 bridgehead atoms. The van der Waals surface area contributed by atoms with Gasteiger partial charge < -0.3 is 0 Å². The summed E-state index contributed by atoms with van der Waals surface area (Å²) in [5, 5.41) is 0. The predicted octanol–water partition coefficient (Wildman–Crippen LogP) is 20.0. The molecule has 8 heterocycles. The summed E-state index contributed by atoms with van der Waals surface area (Å²) in [5.41, 5.74) is 11.7. The van der Waals surface area contributed by atoms with E-state index in [1.54, 1.807) is 45.3 Å². The quantitative estimate of drug-likeness (QED) is 0.152. The lowest BCUT2D eigenvalue weighted by Crippen LogP contribution is -2.40. The molecule has 0 radical (unpaired) electrons. The van der Waals surface area contributed by atoms with E-state index in [4.69, 9.17) is 0 Å². The monoisotopic (exact) mass is 1280 g/mol. The fourth-order valence-electron chi connectivity index (χ4n) is 12.9. The second-order valence-corrected chi connectivity index (χ2v) is 28.6. The van der Waals surface area contributed by atoms with Crippen molar-refractivity contribution in [3.63, 3.8) is 0 Å². The second-order valence-electron chi connectivity index (χ2n) is 23.3. The van der Waals surface area contributed by atoms with E-state index in [2.05, 4.69) is 100 Å². The van der Waals surface area contributed by atoms with Crippen LogP contribution in [-0.2, 0) is 25.7 Å². The number of hydrogen-bond acceptors (Lipinski definition) is 8. The fraction of sp³-hybridized carbons (Fsp3) is 0.150. The lowest BCUT2D eigenvalue weighted by molar-refractivity contribution is 0.0959. The Hall–Kier alpha value is -9.56.